The molecule has 0 radical (unpaired) electrons. The number of ketones is 1. The molecule has 0 aliphatic heterocycles. The quantitative estimate of drug-likeness (QED) is 0.793. The van der Waals surface area contributed by atoms with Gasteiger partial charge in [-0.25, -0.2) is 0 Å². The highest BCUT2D eigenvalue weighted by molar-refractivity contribution is 5.93. The number of rotatable bonds is 5. The Labute approximate surface area is 124 Å². The van der Waals surface area contributed by atoms with Crippen LogP contribution in [0, 0.1) is 0 Å². The van der Waals surface area contributed by atoms with E-state index in [4.69, 9.17) is 4.74 Å². The van der Waals surface area contributed by atoms with Gasteiger partial charge < -0.3 is 9.30 Å². The lowest BCUT2D eigenvalue weighted by Crippen LogP contribution is -2.24. The predicted molar refractivity (Wildman–Crippen MR) is 82.9 cm³/mol. The molecule has 110 valence electrons. The SMILES string of the molecule is CCCOc1cccc(-c2ccc(C(C)=O)c(=O)n2C)c1. The molecule has 0 N–H and O–H groups in total. The minimum atomic E-state index is -0.278. The zero-order valence-corrected chi connectivity index (χ0v) is 12.6. The molecule has 0 saturated heterocycles. The lowest BCUT2D eigenvalue weighted by molar-refractivity contribution is 0.101. The molecule has 2 rings (SSSR count). The van der Waals surface area contributed by atoms with Gasteiger partial charge in [-0.15, -0.1) is 0 Å². The number of benzene rings is 1. The summed E-state index contributed by atoms with van der Waals surface area (Å²) in [6, 6.07) is 11.0. The van der Waals surface area contributed by atoms with Gasteiger partial charge in [-0.2, -0.15) is 0 Å². The van der Waals surface area contributed by atoms with Crippen molar-refractivity contribution in [1.82, 2.24) is 4.57 Å². The highest BCUT2D eigenvalue weighted by Crippen LogP contribution is 2.23. The summed E-state index contributed by atoms with van der Waals surface area (Å²) in [4.78, 5) is 23.6. The van der Waals surface area contributed by atoms with Gasteiger partial charge in [-0.05, 0) is 37.6 Å². The molecule has 0 aliphatic rings. The van der Waals surface area contributed by atoms with E-state index in [1.165, 1.54) is 11.5 Å². The van der Waals surface area contributed by atoms with Crippen LogP contribution in [0.5, 0.6) is 5.75 Å². The minimum Gasteiger partial charge on any atom is -0.494 e. The Morgan fingerprint density at radius 3 is 2.67 bits per heavy atom. The molecule has 0 unspecified atom stereocenters. The molecule has 2 aromatic rings. The van der Waals surface area contributed by atoms with Gasteiger partial charge in [0.05, 0.1) is 17.9 Å². The van der Waals surface area contributed by atoms with Crippen LogP contribution in [0.2, 0.25) is 0 Å². The molecule has 4 nitrogen and oxygen atoms in total. The minimum absolute atomic E-state index is 0.208. The van der Waals surface area contributed by atoms with Crippen molar-refractivity contribution in [3.05, 3.63) is 52.3 Å². The number of carbonyl (C=O) groups excluding carboxylic acids is 1. The van der Waals surface area contributed by atoms with Gasteiger partial charge in [0.2, 0.25) is 0 Å². The summed E-state index contributed by atoms with van der Waals surface area (Å²) < 4.78 is 7.10. The number of nitrogens with zero attached hydrogens (tertiary/aromatic N) is 1. The number of pyridine rings is 1. The fourth-order valence-corrected chi connectivity index (χ4v) is 2.16. The van der Waals surface area contributed by atoms with Gasteiger partial charge >= 0.3 is 0 Å². The third-order valence-electron chi connectivity index (χ3n) is 3.29. The maximum atomic E-state index is 12.2. The molecule has 0 spiro atoms. The normalized spacial score (nSPS) is 10.4. The Bertz CT molecular complexity index is 716. The monoisotopic (exact) mass is 285 g/mol. The zero-order chi connectivity index (χ0) is 15.4. The zero-order valence-electron chi connectivity index (χ0n) is 12.6. The van der Waals surface area contributed by atoms with Gasteiger partial charge in [0, 0.05) is 12.6 Å². The molecular weight excluding hydrogens is 266 g/mol. The second kappa shape index (κ2) is 6.39. The smallest absolute Gasteiger partial charge is 0.261 e. The van der Waals surface area contributed by atoms with Crippen LogP contribution in [0.3, 0.4) is 0 Å². The number of aromatic nitrogens is 1. The number of hydrogen-bond donors (Lipinski definition) is 0. The number of ether oxygens (including phenoxy) is 1. The van der Waals surface area contributed by atoms with E-state index >= 15 is 0 Å². The van der Waals surface area contributed by atoms with Crippen LogP contribution in [0.1, 0.15) is 30.6 Å². The molecule has 0 aliphatic carbocycles. The molecule has 21 heavy (non-hydrogen) atoms. The molecule has 4 heteroatoms. The number of Topliss-reactive ketones (excluding diaryl/α,β-unsaturated/α-hetero) is 1. The van der Waals surface area contributed by atoms with Crippen LogP contribution in [0.25, 0.3) is 11.3 Å². The van der Waals surface area contributed by atoms with Crippen LogP contribution in [0.4, 0.5) is 0 Å². The van der Waals surface area contributed by atoms with Crippen LogP contribution >= 0.6 is 0 Å². The Kier molecular flexibility index (Phi) is 4.58. The average Bonchev–Trinajstić information content (AvgIpc) is 2.47. The number of hydrogen-bond acceptors (Lipinski definition) is 3. The molecular formula is C17H19NO3. The maximum absolute atomic E-state index is 12.2. The van der Waals surface area contributed by atoms with Gasteiger partial charge in [0.15, 0.2) is 5.78 Å². The molecule has 1 heterocycles. The van der Waals surface area contributed by atoms with Crippen molar-refractivity contribution in [2.24, 2.45) is 7.05 Å². The first-order valence-corrected chi connectivity index (χ1v) is 6.98. The van der Waals surface area contributed by atoms with E-state index in [0.717, 1.165) is 23.4 Å². The second-order valence-electron chi connectivity index (χ2n) is 4.93. The van der Waals surface area contributed by atoms with Gasteiger partial charge in [0.1, 0.15) is 5.75 Å². The van der Waals surface area contributed by atoms with Gasteiger partial charge in [0.25, 0.3) is 5.56 Å². The summed E-state index contributed by atoms with van der Waals surface area (Å²) in [7, 11) is 1.67. The van der Waals surface area contributed by atoms with E-state index in [-0.39, 0.29) is 16.9 Å². The summed E-state index contributed by atoms with van der Waals surface area (Å²) in [5.74, 6) is 0.555. The summed E-state index contributed by atoms with van der Waals surface area (Å²) in [6.45, 7) is 4.11. The predicted octanol–water partition coefficient (Wildman–Crippen LogP) is 3.04. The standard InChI is InChI=1S/C17H19NO3/c1-4-10-21-14-7-5-6-13(11-14)16-9-8-15(12(2)19)17(20)18(16)3/h5-9,11H,4,10H2,1-3H3. The van der Waals surface area contributed by atoms with Gasteiger partial charge in [-0.1, -0.05) is 19.1 Å². The summed E-state index contributed by atoms with van der Waals surface area (Å²) in [5, 5.41) is 0. The Morgan fingerprint density at radius 1 is 1.24 bits per heavy atom. The Balaban J connectivity index is 2.45. The first-order chi connectivity index (χ1) is 10.0. The average molecular weight is 285 g/mol. The molecule has 0 bridgehead atoms. The summed E-state index contributed by atoms with van der Waals surface area (Å²) in [6.07, 6.45) is 0.940. The third-order valence-corrected chi connectivity index (χ3v) is 3.29. The second-order valence-corrected chi connectivity index (χ2v) is 4.93. The van der Waals surface area contributed by atoms with Crippen molar-refractivity contribution in [1.29, 1.82) is 0 Å². The van der Waals surface area contributed by atoms with Crippen LogP contribution in [-0.2, 0) is 7.05 Å². The highest BCUT2D eigenvalue weighted by Gasteiger charge is 2.11. The first-order valence-electron chi connectivity index (χ1n) is 6.98. The lowest BCUT2D eigenvalue weighted by Gasteiger charge is -2.11. The lowest BCUT2D eigenvalue weighted by atomic mass is 10.1. The molecule has 1 aromatic carbocycles. The highest BCUT2D eigenvalue weighted by atomic mass is 16.5. The molecule has 0 atom stereocenters. The van der Waals surface area contributed by atoms with E-state index in [0.29, 0.717) is 6.61 Å². The first kappa shape index (κ1) is 15.0. The van der Waals surface area contributed by atoms with Gasteiger partial charge in [-0.3, -0.25) is 9.59 Å². The van der Waals surface area contributed by atoms with E-state index in [1.807, 2.05) is 31.2 Å². The molecule has 0 saturated carbocycles. The van der Waals surface area contributed by atoms with Crippen molar-refractivity contribution in [3.63, 3.8) is 0 Å². The molecule has 0 fully saturated rings. The maximum Gasteiger partial charge on any atom is 0.261 e. The molecule has 0 amide bonds. The number of carbonyl (C=O) groups is 1. The van der Waals surface area contributed by atoms with Crippen LogP contribution in [0.15, 0.2) is 41.2 Å². The summed E-state index contributed by atoms with van der Waals surface area (Å²) >= 11 is 0. The van der Waals surface area contributed by atoms with E-state index in [9.17, 15) is 9.59 Å². The third kappa shape index (κ3) is 3.21. The van der Waals surface area contributed by atoms with Crippen molar-refractivity contribution in [2.75, 3.05) is 6.61 Å². The van der Waals surface area contributed by atoms with Crippen molar-refractivity contribution < 1.29 is 9.53 Å². The topological polar surface area (TPSA) is 48.3 Å². The fraction of sp³-hybridized carbons (Fsp3) is 0.294. The van der Waals surface area contributed by atoms with Crippen molar-refractivity contribution in [2.45, 2.75) is 20.3 Å². The van der Waals surface area contributed by atoms with E-state index in [2.05, 4.69) is 0 Å². The van der Waals surface area contributed by atoms with Crippen LogP contribution < -0.4 is 10.3 Å². The fourth-order valence-electron chi connectivity index (χ4n) is 2.16. The summed E-state index contributed by atoms with van der Waals surface area (Å²) in [5.41, 5.74) is 1.57. The van der Waals surface area contributed by atoms with E-state index in [1.54, 1.807) is 19.2 Å². The molecule has 1 aromatic heterocycles. The Hall–Kier alpha value is -2.36. The van der Waals surface area contributed by atoms with Crippen molar-refractivity contribution >= 4 is 5.78 Å². The van der Waals surface area contributed by atoms with Crippen LogP contribution in [-0.4, -0.2) is 17.0 Å². The van der Waals surface area contributed by atoms with Crippen molar-refractivity contribution in [3.8, 4) is 17.0 Å². The Morgan fingerprint density at radius 2 is 2.00 bits per heavy atom. The largest absolute Gasteiger partial charge is 0.494 e. The van der Waals surface area contributed by atoms with E-state index < -0.39 is 0 Å².